The summed E-state index contributed by atoms with van der Waals surface area (Å²) in [4.78, 5) is 0. The summed E-state index contributed by atoms with van der Waals surface area (Å²) in [6.07, 6.45) is 7.63. The molecule has 2 aliphatic carbocycles. The summed E-state index contributed by atoms with van der Waals surface area (Å²) in [6.45, 7) is 7.05. The average molecular weight is 234 g/mol. The molecule has 0 saturated heterocycles. The molecule has 17 heavy (non-hydrogen) atoms. The molecule has 96 valence electrons. The van der Waals surface area contributed by atoms with Crippen LogP contribution in [0.5, 0.6) is 0 Å². The Balaban J connectivity index is 1.83. The zero-order valence-corrected chi connectivity index (χ0v) is 11.5. The minimum Gasteiger partial charge on any atom is -0.299 e. The lowest BCUT2D eigenvalue weighted by Gasteiger charge is -2.38. The largest absolute Gasteiger partial charge is 0.299 e. The molecule has 1 N–H and O–H groups in total. The lowest BCUT2D eigenvalue weighted by Crippen LogP contribution is -2.39. The average Bonchev–Trinajstić information content (AvgIpc) is 3.09. The van der Waals surface area contributed by atoms with Gasteiger partial charge in [-0.1, -0.05) is 20.8 Å². The molecule has 0 aromatic heterocycles. The maximum absolute atomic E-state index is 9.27. The first kappa shape index (κ1) is 12.9. The summed E-state index contributed by atoms with van der Waals surface area (Å²) in [5.41, 5.74) is 0.441. The van der Waals surface area contributed by atoms with Crippen molar-refractivity contribution in [3.8, 4) is 6.07 Å². The topological polar surface area (TPSA) is 35.8 Å². The van der Waals surface area contributed by atoms with E-state index in [4.69, 9.17) is 0 Å². The van der Waals surface area contributed by atoms with Gasteiger partial charge < -0.3 is 0 Å². The van der Waals surface area contributed by atoms with Gasteiger partial charge in [0.1, 0.15) is 0 Å². The molecule has 0 spiro atoms. The predicted octanol–water partition coefficient (Wildman–Crippen LogP) is 3.48. The first-order chi connectivity index (χ1) is 8.00. The van der Waals surface area contributed by atoms with Gasteiger partial charge in [0.2, 0.25) is 0 Å². The highest BCUT2D eigenvalue weighted by Gasteiger charge is 2.34. The fourth-order valence-electron chi connectivity index (χ4n) is 3.10. The Labute approximate surface area is 106 Å². The Hall–Kier alpha value is -0.550. The van der Waals surface area contributed by atoms with Crippen molar-refractivity contribution in [2.45, 2.75) is 71.4 Å². The summed E-state index contributed by atoms with van der Waals surface area (Å²) < 4.78 is 0. The molecule has 0 aromatic carbocycles. The van der Waals surface area contributed by atoms with Gasteiger partial charge in [-0.15, -0.1) is 0 Å². The second-order valence-corrected chi connectivity index (χ2v) is 7.03. The predicted molar refractivity (Wildman–Crippen MR) is 70.5 cm³/mol. The van der Waals surface area contributed by atoms with Gasteiger partial charge in [0, 0.05) is 6.04 Å². The zero-order chi connectivity index (χ0) is 12.5. The fraction of sp³-hybridized carbons (Fsp3) is 0.933. The van der Waals surface area contributed by atoms with Crippen LogP contribution in [0.3, 0.4) is 0 Å². The molecule has 2 fully saturated rings. The van der Waals surface area contributed by atoms with Gasteiger partial charge in [0.25, 0.3) is 0 Å². The second kappa shape index (κ2) is 4.98. The molecule has 0 amide bonds. The summed E-state index contributed by atoms with van der Waals surface area (Å²) in [5, 5.41) is 12.8. The molecule has 2 rings (SSSR count). The van der Waals surface area contributed by atoms with Gasteiger partial charge in [-0.2, -0.15) is 5.26 Å². The molecule has 2 aliphatic rings. The minimum absolute atomic E-state index is 0.114. The van der Waals surface area contributed by atoms with E-state index < -0.39 is 0 Å². The minimum atomic E-state index is 0.114. The van der Waals surface area contributed by atoms with Crippen molar-refractivity contribution in [3.05, 3.63) is 0 Å². The number of nitrogens with one attached hydrogen (secondary N) is 1. The van der Waals surface area contributed by atoms with Crippen molar-refractivity contribution >= 4 is 0 Å². The molecule has 0 bridgehead atoms. The third-order valence-electron chi connectivity index (χ3n) is 4.60. The number of hydrogen-bond donors (Lipinski definition) is 1. The summed E-state index contributed by atoms with van der Waals surface area (Å²) in [6, 6.07) is 3.25. The zero-order valence-electron chi connectivity index (χ0n) is 11.5. The van der Waals surface area contributed by atoms with E-state index in [9.17, 15) is 5.26 Å². The quantitative estimate of drug-likeness (QED) is 0.811. The molecule has 2 nitrogen and oxygen atoms in total. The normalized spacial score (nSPS) is 31.9. The molecule has 1 unspecified atom stereocenters. The van der Waals surface area contributed by atoms with Crippen molar-refractivity contribution in [1.29, 1.82) is 5.26 Å². The van der Waals surface area contributed by atoms with Gasteiger partial charge in [-0.25, -0.2) is 0 Å². The van der Waals surface area contributed by atoms with Crippen LogP contribution in [0.4, 0.5) is 0 Å². The third kappa shape index (κ3) is 3.45. The van der Waals surface area contributed by atoms with Crippen LogP contribution in [0.25, 0.3) is 0 Å². The van der Waals surface area contributed by atoms with Crippen LogP contribution in [0.1, 0.15) is 59.3 Å². The molecule has 0 heterocycles. The van der Waals surface area contributed by atoms with E-state index in [0.717, 1.165) is 5.92 Å². The van der Waals surface area contributed by atoms with Gasteiger partial charge in [0.05, 0.1) is 12.1 Å². The molecular formula is C15H26N2. The lowest BCUT2D eigenvalue weighted by atomic mass is 9.68. The number of nitriles is 1. The smallest absolute Gasteiger partial charge is 0.0983 e. The molecule has 2 heteroatoms. The first-order valence-corrected chi connectivity index (χ1v) is 7.16. The SMILES string of the molecule is CC(C)(C)C1CCC(C(C#N)NC2CC2)CC1. The van der Waals surface area contributed by atoms with E-state index in [1.54, 1.807) is 0 Å². The number of hydrogen-bond acceptors (Lipinski definition) is 2. The van der Waals surface area contributed by atoms with Crippen molar-refractivity contribution in [2.24, 2.45) is 17.3 Å². The Bertz CT molecular complexity index is 285. The molecule has 1 atom stereocenters. The molecule has 2 saturated carbocycles. The van der Waals surface area contributed by atoms with E-state index in [1.165, 1.54) is 38.5 Å². The molecule has 0 aromatic rings. The highest BCUT2D eigenvalue weighted by molar-refractivity contribution is 5.00. The maximum Gasteiger partial charge on any atom is 0.0983 e. The van der Waals surface area contributed by atoms with Crippen LogP contribution >= 0.6 is 0 Å². The van der Waals surface area contributed by atoms with Crippen molar-refractivity contribution in [1.82, 2.24) is 5.32 Å². The van der Waals surface area contributed by atoms with Gasteiger partial charge in [-0.05, 0) is 55.8 Å². The van der Waals surface area contributed by atoms with E-state index in [1.807, 2.05) is 0 Å². The van der Waals surface area contributed by atoms with E-state index in [0.29, 0.717) is 17.4 Å². The van der Waals surface area contributed by atoms with Gasteiger partial charge >= 0.3 is 0 Å². The van der Waals surface area contributed by atoms with E-state index >= 15 is 0 Å². The highest BCUT2D eigenvalue weighted by atomic mass is 15.0. The highest BCUT2D eigenvalue weighted by Crippen LogP contribution is 2.40. The summed E-state index contributed by atoms with van der Waals surface area (Å²) in [5.74, 6) is 1.44. The van der Waals surface area contributed by atoms with Crippen molar-refractivity contribution in [2.75, 3.05) is 0 Å². The van der Waals surface area contributed by atoms with Crippen molar-refractivity contribution < 1.29 is 0 Å². The van der Waals surface area contributed by atoms with E-state index in [2.05, 4.69) is 32.2 Å². The summed E-state index contributed by atoms with van der Waals surface area (Å²) >= 11 is 0. The fourth-order valence-corrected chi connectivity index (χ4v) is 3.10. The van der Waals surface area contributed by atoms with Crippen LogP contribution in [-0.4, -0.2) is 12.1 Å². The van der Waals surface area contributed by atoms with Crippen LogP contribution in [-0.2, 0) is 0 Å². The lowest BCUT2D eigenvalue weighted by molar-refractivity contribution is 0.140. The van der Waals surface area contributed by atoms with Crippen molar-refractivity contribution in [3.63, 3.8) is 0 Å². The maximum atomic E-state index is 9.27. The van der Waals surface area contributed by atoms with E-state index in [-0.39, 0.29) is 6.04 Å². The Morgan fingerprint density at radius 1 is 1.06 bits per heavy atom. The molecule has 0 radical (unpaired) electrons. The Kier molecular flexibility index (Phi) is 3.78. The molecular weight excluding hydrogens is 208 g/mol. The first-order valence-electron chi connectivity index (χ1n) is 7.16. The van der Waals surface area contributed by atoms with Crippen LogP contribution < -0.4 is 5.32 Å². The van der Waals surface area contributed by atoms with Crippen LogP contribution in [0.2, 0.25) is 0 Å². The van der Waals surface area contributed by atoms with Crippen LogP contribution in [0.15, 0.2) is 0 Å². The number of rotatable bonds is 3. The standard InChI is InChI=1S/C15H26N2/c1-15(2,3)12-6-4-11(5-7-12)14(10-16)17-13-8-9-13/h11-14,17H,4-9H2,1-3H3. The Morgan fingerprint density at radius 2 is 1.65 bits per heavy atom. The second-order valence-electron chi connectivity index (χ2n) is 7.03. The van der Waals surface area contributed by atoms with Gasteiger partial charge in [-0.3, -0.25) is 5.32 Å². The summed E-state index contributed by atoms with van der Waals surface area (Å²) in [7, 11) is 0. The monoisotopic (exact) mass is 234 g/mol. The molecule has 0 aliphatic heterocycles. The Morgan fingerprint density at radius 3 is 2.06 bits per heavy atom. The number of nitrogens with zero attached hydrogens (tertiary/aromatic N) is 1. The third-order valence-corrected chi connectivity index (χ3v) is 4.60. The van der Waals surface area contributed by atoms with Gasteiger partial charge in [0.15, 0.2) is 0 Å². The van der Waals surface area contributed by atoms with Crippen LogP contribution in [0, 0.1) is 28.6 Å².